The number of anilines is 1. The molecule has 2 aromatic rings. The molecule has 1 heterocycles. The Morgan fingerprint density at radius 2 is 1.68 bits per heavy atom. The van der Waals surface area contributed by atoms with E-state index in [1.165, 1.54) is 6.07 Å². The van der Waals surface area contributed by atoms with Gasteiger partial charge in [-0.15, -0.1) is 0 Å². The highest BCUT2D eigenvalue weighted by molar-refractivity contribution is 6.62. The summed E-state index contributed by atoms with van der Waals surface area (Å²) >= 11 is 0. The maximum atomic E-state index is 13.3. The molecule has 0 bridgehead atoms. The Labute approximate surface area is 221 Å². The van der Waals surface area contributed by atoms with Gasteiger partial charge in [0, 0.05) is 11.0 Å². The van der Waals surface area contributed by atoms with Crippen LogP contribution in [-0.4, -0.2) is 49.3 Å². The van der Waals surface area contributed by atoms with Gasteiger partial charge in [-0.05, 0) is 65.4 Å². The first-order valence-electron chi connectivity index (χ1n) is 12.0. The van der Waals surface area contributed by atoms with Crippen LogP contribution in [-0.2, 0) is 14.0 Å². The first-order valence-corrected chi connectivity index (χ1v) is 12.0. The maximum Gasteiger partial charge on any atom is 0.494 e. The number of nitrogens with zero attached hydrogens (tertiary/aromatic N) is 2. The molecule has 0 atom stereocenters. The Morgan fingerprint density at radius 1 is 1.11 bits per heavy atom. The van der Waals surface area contributed by atoms with Gasteiger partial charge in [0.05, 0.1) is 29.5 Å². The van der Waals surface area contributed by atoms with Gasteiger partial charge in [0.15, 0.2) is 6.61 Å². The van der Waals surface area contributed by atoms with E-state index < -0.39 is 42.8 Å². The molecule has 1 aliphatic rings. The molecular weight excluding hydrogens is 500 g/mol. The van der Waals surface area contributed by atoms with Gasteiger partial charge >= 0.3 is 19.4 Å². The first-order chi connectivity index (χ1) is 17.3. The highest BCUT2D eigenvalue weighted by atomic mass is 19.4. The van der Waals surface area contributed by atoms with Crippen LogP contribution < -0.4 is 15.1 Å². The van der Waals surface area contributed by atoms with Crippen molar-refractivity contribution in [2.75, 3.05) is 18.1 Å². The molecule has 0 aliphatic carbocycles. The predicted octanol–water partition coefficient (Wildman–Crippen LogP) is 5.90. The topological polar surface area (TPSA) is 81.0 Å². The summed E-state index contributed by atoms with van der Waals surface area (Å²) in [4.78, 5) is 14.4. The van der Waals surface area contributed by atoms with Crippen molar-refractivity contribution in [3.05, 3.63) is 42.5 Å². The molecule has 1 amide bonds. The second kappa shape index (κ2) is 10.2. The Morgan fingerprint density at radius 3 is 2.21 bits per heavy atom. The average molecular weight is 532 g/mol. The molecule has 1 fully saturated rings. The molecular formula is C27H32BF3N2O5. The lowest BCUT2D eigenvalue weighted by Gasteiger charge is -2.32. The number of carbonyl (C=O) groups excluding carboxylic acids is 1. The minimum atomic E-state index is -4.62. The number of amides is 1. The van der Waals surface area contributed by atoms with Crippen LogP contribution in [0.5, 0.6) is 5.75 Å². The normalized spacial score (nSPS) is 16.7. The van der Waals surface area contributed by atoms with Gasteiger partial charge in [0.1, 0.15) is 11.4 Å². The Bertz CT molecular complexity index is 1260. The molecule has 1 saturated heterocycles. The van der Waals surface area contributed by atoms with Gasteiger partial charge in [-0.25, -0.2) is 4.79 Å². The highest BCUT2D eigenvalue weighted by Gasteiger charge is 2.51. The maximum absolute atomic E-state index is 13.3. The molecule has 38 heavy (non-hydrogen) atoms. The molecule has 0 N–H and O–H groups in total. The van der Waals surface area contributed by atoms with Gasteiger partial charge in [-0.3, -0.25) is 4.90 Å². The monoisotopic (exact) mass is 532 g/mol. The lowest BCUT2D eigenvalue weighted by molar-refractivity contribution is -0.153. The lowest BCUT2D eigenvalue weighted by Crippen LogP contribution is -2.41. The van der Waals surface area contributed by atoms with Gasteiger partial charge in [-0.2, -0.15) is 18.4 Å². The first kappa shape index (κ1) is 29.3. The number of alkyl halides is 3. The van der Waals surface area contributed by atoms with Gasteiger partial charge in [0.25, 0.3) is 0 Å². The number of nitriles is 1. The molecule has 11 heteroatoms. The zero-order valence-electron chi connectivity index (χ0n) is 22.7. The van der Waals surface area contributed by atoms with Crippen molar-refractivity contribution in [1.82, 2.24) is 0 Å². The largest absolute Gasteiger partial charge is 0.494 e. The van der Waals surface area contributed by atoms with E-state index in [9.17, 15) is 23.2 Å². The van der Waals surface area contributed by atoms with Crippen LogP contribution in [0.25, 0.3) is 10.8 Å². The smallest absolute Gasteiger partial charge is 0.482 e. The van der Waals surface area contributed by atoms with E-state index in [0.717, 1.165) is 4.90 Å². The van der Waals surface area contributed by atoms with Crippen molar-refractivity contribution in [3.8, 4) is 11.8 Å². The van der Waals surface area contributed by atoms with Crippen LogP contribution in [0.4, 0.5) is 23.7 Å². The summed E-state index contributed by atoms with van der Waals surface area (Å²) in [7, 11) is -0.763. The van der Waals surface area contributed by atoms with Crippen molar-refractivity contribution in [2.45, 2.75) is 71.4 Å². The SMILES string of the molecule is C=C(C#N)CN(C(=O)OC(C)(C)C)c1c(OCC(F)(F)F)ccc2ccc(B3OC(C)(C)C(C)(C)O3)cc12. The van der Waals surface area contributed by atoms with E-state index in [1.807, 2.05) is 33.8 Å². The van der Waals surface area contributed by atoms with Crippen molar-refractivity contribution in [2.24, 2.45) is 0 Å². The van der Waals surface area contributed by atoms with Crippen LogP contribution in [0.3, 0.4) is 0 Å². The van der Waals surface area contributed by atoms with Crippen LogP contribution in [0.1, 0.15) is 48.5 Å². The molecule has 1 aliphatic heterocycles. The van der Waals surface area contributed by atoms with Crippen molar-refractivity contribution in [1.29, 1.82) is 5.26 Å². The van der Waals surface area contributed by atoms with E-state index in [-0.39, 0.29) is 23.6 Å². The van der Waals surface area contributed by atoms with E-state index >= 15 is 0 Å². The predicted molar refractivity (Wildman–Crippen MR) is 140 cm³/mol. The fourth-order valence-corrected chi connectivity index (χ4v) is 3.76. The van der Waals surface area contributed by atoms with Crippen molar-refractivity contribution in [3.63, 3.8) is 0 Å². The molecule has 0 unspecified atom stereocenters. The van der Waals surface area contributed by atoms with Gasteiger partial charge in [0.2, 0.25) is 0 Å². The molecule has 0 radical (unpaired) electrons. The molecule has 0 spiro atoms. The summed E-state index contributed by atoms with van der Waals surface area (Å²) < 4.78 is 62.4. The molecule has 7 nitrogen and oxygen atoms in total. The third kappa shape index (κ3) is 6.61. The summed E-state index contributed by atoms with van der Waals surface area (Å²) in [6, 6.07) is 10.0. The van der Waals surface area contributed by atoms with Gasteiger partial charge < -0.3 is 18.8 Å². The second-order valence-electron chi connectivity index (χ2n) is 11.2. The van der Waals surface area contributed by atoms with Crippen LogP contribution >= 0.6 is 0 Å². The molecule has 3 rings (SSSR count). The number of benzene rings is 2. The van der Waals surface area contributed by atoms with E-state index in [1.54, 1.807) is 45.0 Å². The summed E-state index contributed by atoms with van der Waals surface area (Å²) in [6.45, 7) is 14.3. The van der Waals surface area contributed by atoms with Crippen molar-refractivity contribution < 1.29 is 36.7 Å². The van der Waals surface area contributed by atoms with Crippen LogP contribution in [0.15, 0.2) is 42.5 Å². The zero-order chi connectivity index (χ0) is 28.7. The van der Waals surface area contributed by atoms with Crippen LogP contribution in [0, 0.1) is 11.3 Å². The number of carbonyl (C=O) groups is 1. The fraction of sp³-hybridized carbons (Fsp3) is 0.481. The third-order valence-electron chi connectivity index (χ3n) is 6.29. The average Bonchev–Trinajstić information content (AvgIpc) is 3.00. The lowest BCUT2D eigenvalue weighted by atomic mass is 9.78. The molecule has 2 aromatic carbocycles. The van der Waals surface area contributed by atoms with Gasteiger partial charge in [-0.1, -0.05) is 30.8 Å². The summed E-state index contributed by atoms with van der Waals surface area (Å²) in [6.07, 6.45) is -5.50. The fourth-order valence-electron chi connectivity index (χ4n) is 3.76. The standard InChI is InChI=1S/C27H32BF3N2O5/c1-17(14-32)15-33(23(34)36-24(2,3)4)22-20-13-19(28-37-25(5,6)26(7,8)38-28)11-9-18(20)10-12-21(22)35-16-27(29,30)31/h9-13H,1,15-16H2,2-8H3. The number of hydrogen-bond donors (Lipinski definition) is 0. The Balaban J connectivity index is 2.23. The zero-order valence-corrected chi connectivity index (χ0v) is 22.7. The van der Waals surface area contributed by atoms with Crippen molar-refractivity contribution >= 4 is 35.1 Å². The van der Waals surface area contributed by atoms with E-state index in [0.29, 0.717) is 16.2 Å². The quantitative estimate of drug-likeness (QED) is 0.341. The number of halogens is 3. The van der Waals surface area contributed by atoms with Crippen LogP contribution in [0.2, 0.25) is 0 Å². The molecule has 0 saturated carbocycles. The number of ether oxygens (including phenoxy) is 2. The highest BCUT2D eigenvalue weighted by Crippen LogP contribution is 2.40. The summed E-state index contributed by atoms with van der Waals surface area (Å²) in [5.74, 6) is -0.211. The third-order valence-corrected chi connectivity index (χ3v) is 6.29. The summed E-state index contributed by atoms with van der Waals surface area (Å²) in [5.41, 5.74) is -1.57. The minimum absolute atomic E-state index is 0.00301. The summed E-state index contributed by atoms with van der Waals surface area (Å²) in [5, 5.41) is 10.4. The van der Waals surface area contributed by atoms with E-state index in [4.69, 9.17) is 18.8 Å². The molecule has 0 aromatic heterocycles. The number of fused-ring (bicyclic) bond motifs is 1. The molecule has 204 valence electrons. The second-order valence-corrected chi connectivity index (χ2v) is 11.2. The minimum Gasteiger partial charge on any atom is -0.482 e. The number of hydrogen-bond acceptors (Lipinski definition) is 6. The Kier molecular flexibility index (Phi) is 7.84. The Hall–Kier alpha value is -3.23. The van der Waals surface area contributed by atoms with E-state index in [2.05, 4.69) is 6.58 Å². The number of rotatable bonds is 6.